The van der Waals surface area contributed by atoms with E-state index in [1.807, 2.05) is 49.3 Å². The number of nitrogens with zero attached hydrogens (tertiary/aromatic N) is 4. The lowest BCUT2D eigenvalue weighted by Crippen LogP contribution is -2.41. The molecule has 0 radical (unpaired) electrons. The molecule has 1 aromatic heterocycles. The van der Waals surface area contributed by atoms with Crippen LogP contribution in [0.25, 0.3) is 11.5 Å². The molecule has 1 N–H and O–H groups in total. The molecule has 0 saturated carbocycles. The molecular weight excluding hydrogens is 292 g/mol. The zero-order valence-corrected chi connectivity index (χ0v) is 13.8. The van der Waals surface area contributed by atoms with Crippen molar-refractivity contribution in [1.82, 2.24) is 15.0 Å². The first-order valence-electron chi connectivity index (χ1n) is 8.07. The molecule has 0 amide bonds. The zero-order chi connectivity index (χ0) is 16.3. The van der Waals surface area contributed by atoms with Crippen molar-refractivity contribution in [3.63, 3.8) is 0 Å². The van der Waals surface area contributed by atoms with E-state index < -0.39 is 5.60 Å². The van der Waals surface area contributed by atoms with Crippen LogP contribution in [0.15, 0.2) is 34.9 Å². The Bertz CT molecular complexity index is 629. The fourth-order valence-electron chi connectivity index (χ4n) is 3.17. The van der Waals surface area contributed by atoms with Gasteiger partial charge < -0.3 is 19.4 Å². The van der Waals surface area contributed by atoms with Crippen LogP contribution in [0.4, 0.5) is 5.95 Å². The van der Waals surface area contributed by atoms with Crippen LogP contribution in [0, 0.1) is 0 Å². The lowest BCUT2D eigenvalue weighted by molar-refractivity contribution is 0.00536. The number of benzene rings is 1. The molecule has 0 spiro atoms. The highest BCUT2D eigenvalue weighted by molar-refractivity contribution is 5.54. The SMILES string of the molecule is CN(C)C[C@]1(O)CCCN(c2noc(-c3ccccc3)n2)CC1. The van der Waals surface area contributed by atoms with E-state index in [1.165, 1.54) is 0 Å². The van der Waals surface area contributed by atoms with Gasteiger partial charge in [0, 0.05) is 25.2 Å². The fourth-order valence-corrected chi connectivity index (χ4v) is 3.17. The van der Waals surface area contributed by atoms with Gasteiger partial charge in [0.25, 0.3) is 11.8 Å². The molecule has 2 aromatic rings. The fraction of sp³-hybridized carbons (Fsp3) is 0.529. The summed E-state index contributed by atoms with van der Waals surface area (Å²) in [4.78, 5) is 8.65. The lowest BCUT2D eigenvalue weighted by Gasteiger charge is -2.29. The number of aromatic nitrogens is 2. The summed E-state index contributed by atoms with van der Waals surface area (Å²) in [5, 5.41) is 14.9. The molecule has 1 fully saturated rings. The summed E-state index contributed by atoms with van der Waals surface area (Å²) in [6.45, 7) is 2.25. The predicted octanol–water partition coefficient (Wildman–Crippen LogP) is 2.02. The van der Waals surface area contributed by atoms with Crippen molar-refractivity contribution in [3.05, 3.63) is 30.3 Å². The molecule has 1 atom stereocenters. The maximum Gasteiger partial charge on any atom is 0.266 e. The predicted molar refractivity (Wildman–Crippen MR) is 89.3 cm³/mol. The van der Waals surface area contributed by atoms with E-state index in [2.05, 4.69) is 15.0 Å². The number of rotatable bonds is 4. The van der Waals surface area contributed by atoms with Crippen LogP contribution in [0.1, 0.15) is 19.3 Å². The van der Waals surface area contributed by atoms with Gasteiger partial charge in [-0.15, -0.1) is 0 Å². The first kappa shape index (κ1) is 16.0. The summed E-state index contributed by atoms with van der Waals surface area (Å²) in [5.41, 5.74) is 0.287. The summed E-state index contributed by atoms with van der Waals surface area (Å²) in [6.07, 6.45) is 2.42. The zero-order valence-electron chi connectivity index (χ0n) is 13.8. The van der Waals surface area contributed by atoms with Crippen molar-refractivity contribution in [2.24, 2.45) is 0 Å². The van der Waals surface area contributed by atoms with Crippen molar-refractivity contribution >= 4 is 5.95 Å². The van der Waals surface area contributed by atoms with Gasteiger partial charge in [0.2, 0.25) is 0 Å². The maximum atomic E-state index is 10.7. The van der Waals surface area contributed by atoms with Gasteiger partial charge in [-0.3, -0.25) is 0 Å². The number of anilines is 1. The molecular formula is C17H24N4O2. The van der Waals surface area contributed by atoms with E-state index in [0.717, 1.165) is 31.5 Å². The van der Waals surface area contributed by atoms with Gasteiger partial charge in [-0.25, -0.2) is 0 Å². The second-order valence-corrected chi connectivity index (χ2v) is 6.57. The molecule has 0 bridgehead atoms. The van der Waals surface area contributed by atoms with Crippen LogP contribution in [0.3, 0.4) is 0 Å². The second-order valence-electron chi connectivity index (χ2n) is 6.57. The highest BCUT2D eigenvalue weighted by Gasteiger charge is 2.31. The average Bonchev–Trinajstić information content (AvgIpc) is 2.93. The summed E-state index contributed by atoms with van der Waals surface area (Å²) in [7, 11) is 3.98. The lowest BCUT2D eigenvalue weighted by atomic mass is 9.94. The van der Waals surface area contributed by atoms with Crippen LogP contribution in [-0.4, -0.2) is 59.5 Å². The van der Waals surface area contributed by atoms with Gasteiger partial charge in [-0.1, -0.05) is 18.2 Å². The van der Waals surface area contributed by atoms with Gasteiger partial charge in [-0.2, -0.15) is 4.98 Å². The molecule has 1 aliphatic heterocycles. The molecule has 6 nitrogen and oxygen atoms in total. The Hall–Kier alpha value is -1.92. The minimum atomic E-state index is -0.635. The molecule has 0 aliphatic carbocycles. The molecule has 124 valence electrons. The quantitative estimate of drug-likeness (QED) is 0.931. The monoisotopic (exact) mass is 316 g/mol. The van der Waals surface area contributed by atoms with Crippen molar-refractivity contribution in [2.75, 3.05) is 38.6 Å². The van der Waals surface area contributed by atoms with E-state index in [0.29, 0.717) is 24.8 Å². The summed E-state index contributed by atoms with van der Waals surface area (Å²) in [5.74, 6) is 1.14. The van der Waals surface area contributed by atoms with Gasteiger partial charge in [0.15, 0.2) is 0 Å². The Labute approximate surface area is 136 Å². The molecule has 6 heteroatoms. The number of hydrogen-bond acceptors (Lipinski definition) is 6. The van der Waals surface area contributed by atoms with Crippen molar-refractivity contribution in [2.45, 2.75) is 24.9 Å². The Morgan fingerprint density at radius 2 is 2.00 bits per heavy atom. The number of aliphatic hydroxyl groups is 1. The second kappa shape index (κ2) is 6.68. The van der Waals surface area contributed by atoms with Crippen LogP contribution >= 0.6 is 0 Å². The standard InChI is InChI=1S/C17H24N4O2/c1-20(2)13-17(22)9-6-11-21(12-10-17)16-18-15(23-19-16)14-7-4-3-5-8-14/h3-5,7-8,22H,6,9-13H2,1-2H3/t17-/m0/s1. The molecule has 0 unspecified atom stereocenters. The minimum absolute atomic E-state index is 0.536. The Balaban J connectivity index is 1.70. The molecule has 23 heavy (non-hydrogen) atoms. The molecule has 1 aromatic carbocycles. The molecule has 2 heterocycles. The largest absolute Gasteiger partial charge is 0.388 e. The average molecular weight is 316 g/mol. The van der Waals surface area contributed by atoms with E-state index in [1.54, 1.807) is 0 Å². The summed E-state index contributed by atoms with van der Waals surface area (Å²) >= 11 is 0. The van der Waals surface area contributed by atoms with Crippen LogP contribution < -0.4 is 4.90 Å². The van der Waals surface area contributed by atoms with E-state index in [4.69, 9.17) is 4.52 Å². The number of hydrogen-bond donors (Lipinski definition) is 1. The van der Waals surface area contributed by atoms with Crippen molar-refractivity contribution in [1.29, 1.82) is 0 Å². The normalized spacial score (nSPS) is 22.3. The highest BCUT2D eigenvalue weighted by atomic mass is 16.5. The first-order chi connectivity index (χ1) is 11.1. The van der Waals surface area contributed by atoms with Crippen LogP contribution in [-0.2, 0) is 0 Å². The topological polar surface area (TPSA) is 65.6 Å². The number of likely N-dealkylation sites (N-methyl/N-ethyl adjacent to an activating group) is 1. The molecule has 1 saturated heterocycles. The Kier molecular flexibility index (Phi) is 4.63. The van der Waals surface area contributed by atoms with E-state index >= 15 is 0 Å². The smallest absolute Gasteiger partial charge is 0.266 e. The molecule has 1 aliphatic rings. The summed E-state index contributed by atoms with van der Waals surface area (Å²) < 4.78 is 5.39. The van der Waals surface area contributed by atoms with E-state index in [9.17, 15) is 5.11 Å². The first-order valence-corrected chi connectivity index (χ1v) is 8.07. The molecule has 3 rings (SSSR count). The third-order valence-electron chi connectivity index (χ3n) is 4.25. The third-order valence-corrected chi connectivity index (χ3v) is 4.25. The van der Waals surface area contributed by atoms with Crippen molar-refractivity contribution < 1.29 is 9.63 Å². The van der Waals surface area contributed by atoms with E-state index in [-0.39, 0.29) is 0 Å². The van der Waals surface area contributed by atoms with Gasteiger partial charge >= 0.3 is 0 Å². The van der Waals surface area contributed by atoms with Crippen LogP contribution in [0.2, 0.25) is 0 Å². The van der Waals surface area contributed by atoms with Crippen molar-refractivity contribution in [3.8, 4) is 11.5 Å². The minimum Gasteiger partial charge on any atom is -0.388 e. The van der Waals surface area contributed by atoms with Gasteiger partial charge in [-0.05, 0) is 50.6 Å². The summed E-state index contributed by atoms with van der Waals surface area (Å²) in [6, 6.07) is 9.77. The van der Waals surface area contributed by atoms with Gasteiger partial charge in [0.05, 0.1) is 5.60 Å². The third kappa shape index (κ3) is 3.89. The van der Waals surface area contributed by atoms with Crippen LogP contribution in [0.5, 0.6) is 0 Å². The highest BCUT2D eigenvalue weighted by Crippen LogP contribution is 2.26. The Morgan fingerprint density at radius 3 is 2.74 bits per heavy atom. The van der Waals surface area contributed by atoms with Gasteiger partial charge in [0.1, 0.15) is 0 Å². The Morgan fingerprint density at radius 1 is 1.22 bits per heavy atom. The maximum absolute atomic E-state index is 10.7.